The van der Waals surface area contributed by atoms with Crippen molar-refractivity contribution >= 4 is 55.5 Å². The molecule has 4 N–H and O–H groups in total. The Balaban J connectivity index is 2.56. The van der Waals surface area contributed by atoms with E-state index in [2.05, 4.69) is 53.6 Å². The molecule has 0 fully saturated rings. The minimum Gasteiger partial charge on any atom is -0.272 e. The van der Waals surface area contributed by atoms with Gasteiger partial charge in [0.15, 0.2) is 0 Å². The summed E-state index contributed by atoms with van der Waals surface area (Å²) < 4.78 is 0. The van der Waals surface area contributed by atoms with Gasteiger partial charge < -0.3 is 0 Å². The van der Waals surface area contributed by atoms with Gasteiger partial charge in [-0.3, -0.25) is 40.9 Å². The molecule has 8 nitrogen and oxygen atoms in total. The predicted octanol–water partition coefficient (Wildman–Crippen LogP) is 1.56. The third kappa shape index (κ3) is 6.75. The van der Waals surface area contributed by atoms with Crippen LogP contribution in [-0.4, -0.2) is 33.3 Å². The summed E-state index contributed by atoms with van der Waals surface area (Å²) >= 11 is 6.34. The minimum atomic E-state index is -0.514. The molecule has 0 radical (unpaired) electrons. The number of hydrazine groups is 2. The molecule has 0 heterocycles. The number of hydrogen-bond donors (Lipinski definition) is 4. The molecule has 2 atom stereocenters. The van der Waals surface area contributed by atoms with Crippen molar-refractivity contribution in [2.75, 3.05) is 0 Å². The average Bonchev–Trinajstić information content (AvgIpc) is 2.68. The van der Waals surface area contributed by atoms with Crippen LogP contribution in [0.5, 0.6) is 0 Å². The Morgan fingerprint density at radius 3 is 1.31 bits per heavy atom. The first-order valence-electron chi connectivity index (χ1n) is 7.88. The number of carbonyl (C=O) groups excluding carboxylic acids is 4. The van der Waals surface area contributed by atoms with Crippen LogP contribution in [0.25, 0.3) is 0 Å². The molecule has 1 aromatic carbocycles. The molecule has 10 heteroatoms. The van der Waals surface area contributed by atoms with Crippen molar-refractivity contribution in [2.24, 2.45) is 0 Å². The molecule has 0 bridgehead atoms. The maximum Gasteiger partial charge on any atom is 0.269 e. The summed E-state index contributed by atoms with van der Waals surface area (Å²) in [6, 6.07) is 5.73. The van der Waals surface area contributed by atoms with Gasteiger partial charge in [0.2, 0.25) is 0 Å². The molecule has 142 valence electrons. The second-order valence-electron chi connectivity index (χ2n) is 5.22. The normalized spacial score (nSPS) is 12.5. The largest absolute Gasteiger partial charge is 0.272 e. The first kappa shape index (κ1) is 22.1. The van der Waals surface area contributed by atoms with Crippen LogP contribution in [0.3, 0.4) is 0 Å². The van der Waals surface area contributed by atoms with Crippen LogP contribution in [0.4, 0.5) is 0 Å². The molecule has 0 spiro atoms. The standard InChI is InChI=1S/C16H20Br2N4O4/c1-3-11(17)15(25)21-19-13(23)9-5-7-10(8-6-9)14(24)20-22-16(26)12(18)4-2/h5-8,11-12H,3-4H2,1-2H3,(H,19,23)(H,20,24)(H,21,25)(H,22,26). The number of rotatable bonds is 6. The van der Waals surface area contributed by atoms with E-state index in [-0.39, 0.29) is 22.9 Å². The molecule has 1 rings (SSSR count). The Kier molecular flexibility index (Phi) is 9.28. The highest BCUT2D eigenvalue weighted by atomic mass is 79.9. The second kappa shape index (κ2) is 10.9. The zero-order chi connectivity index (χ0) is 19.7. The van der Waals surface area contributed by atoms with Gasteiger partial charge in [-0.15, -0.1) is 0 Å². The van der Waals surface area contributed by atoms with Crippen molar-refractivity contribution in [2.45, 2.75) is 36.3 Å². The van der Waals surface area contributed by atoms with E-state index >= 15 is 0 Å². The molecule has 26 heavy (non-hydrogen) atoms. The molecular weight excluding hydrogens is 472 g/mol. The first-order chi connectivity index (χ1) is 12.3. The van der Waals surface area contributed by atoms with Crippen LogP contribution < -0.4 is 21.7 Å². The summed E-state index contributed by atoms with van der Waals surface area (Å²) in [5.41, 5.74) is 9.71. The van der Waals surface area contributed by atoms with Crippen LogP contribution in [0, 0.1) is 0 Å². The van der Waals surface area contributed by atoms with Gasteiger partial charge in [0.1, 0.15) is 0 Å². The van der Waals surface area contributed by atoms with E-state index in [1.807, 2.05) is 13.8 Å². The van der Waals surface area contributed by atoms with Crippen molar-refractivity contribution < 1.29 is 19.2 Å². The van der Waals surface area contributed by atoms with Crippen molar-refractivity contribution in [3.8, 4) is 0 Å². The Hall–Kier alpha value is -1.94. The Morgan fingerprint density at radius 2 is 1.04 bits per heavy atom. The zero-order valence-corrected chi connectivity index (χ0v) is 17.4. The number of alkyl halides is 2. The number of benzene rings is 1. The quantitative estimate of drug-likeness (QED) is 0.357. The van der Waals surface area contributed by atoms with Crippen molar-refractivity contribution in [3.63, 3.8) is 0 Å². The summed E-state index contributed by atoms with van der Waals surface area (Å²) in [6.45, 7) is 3.65. The topological polar surface area (TPSA) is 116 Å². The molecule has 0 aliphatic heterocycles. The molecule has 4 amide bonds. The van der Waals surface area contributed by atoms with E-state index in [0.29, 0.717) is 12.8 Å². The Labute approximate surface area is 168 Å². The Morgan fingerprint density at radius 1 is 0.731 bits per heavy atom. The number of carbonyl (C=O) groups is 4. The summed E-state index contributed by atoms with van der Waals surface area (Å²) in [5.74, 6) is -1.74. The van der Waals surface area contributed by atoms with Crippen LogP contribution >= 0.6 is 31.9 Å². The lowest BCUT2D eigenvalue weighted by molar-refractivity contribution is -0.122. The fraction of sp³-hybridized carbons (Fsp3) is 0.375. The predicted molar refractivity (Wildman–Crippen MR) is 104 cm³/mol. The molecule has 0 aliphatic rings. The fourth-order valence-electron chi connectivity index (χ4n) is 1.68. The number of nitrogens with one attached hydrogen (secondary N) is 4. The minimum absolute atomic E-state index is 0.264. The first-order valence-corrected chi connectivity index (χ1v) is 9.71. The van der Waals surface area contributed by atoms with E-state index in [1.54, 1.807) is 0 Å². The highest BCUT2D eigenvalue weighted by Crippen LogP contribution is 2.06. The van der Waals surface area contributed by atoms with Gasteiger partial charge in [-0.05, 0) is 37.1 Å². The summed E-state index contributed by atoms with van der Waals surface area (Å²) in [5, 5.41) is 0. The fourth-order valence-corrected chi connectivity index (χ4v) is 1.91. The van der Waals surface area contributed by atoms with Gasteiger partial charge in [0, 0.05) is 11.1 Å². The highest BCUT2D eigenvalue weighted by Gasteiger charge is 2.15. The van der Waals surface area contributed by atoms with E-state index in [4.69, 9.17) is 0 Å². The SMILES string of the molecule is CCC(Br)C(=O)NNC(=O)c1ccc(C(=O)NNC(=O)C(Br)CC)cc1. The van der Waals surface area contributed by atoms with Gasteiger partial charge in [-0.1, -0.05) is 45.7 Å². The zero-order valence-electron chi connectivity index (χ0n) is 14.3. The molecule has 0 aromatic heterocycles. The lowest BCUT2D eigenvalue weighted by Crippen LogP contribution is -2.45. The van der Waals surface area contributed by atoms with Crippen LogP contribution in [0.15, 0.2) is 24.3 Å². The van der Waals surface area contributed by atoms with E-state index in [9.17, 15) is 19.2 Å². The molecule has 0 saturated carbocycles. The summed E-state index contributed by atoms with van der Waals surface area (Å²) in [6.07, 6.45) is 1.16. The van der Waals surface area contributed by atoms with Gasteiger partial charge in [0.05, 0.1) is 9.65 Å². The van der Waals surface area contributed by atoms with Crippen molar-refractivity contribution in [1.29, 1.82) is 0 Å². The third-order valence-electron chi connectivity index (χ3n) is 3.29. The van der Waals surface area contributed by atoms with Gasteiger partial charge in [0.25, 0.3) is 23.6 Å². The molecule has 0 saturated heterocycles. The van der Waals surface area contributed by atoms with E-state index in [0.717, 1.165) is 0 Å². The molecule has 0 aliphatic carbocycles. The maximum absolute atomic E-state index is 12.0. The summed E-state index contributed by atoms with van der Waals surface area (Å²) in [4.78, 5) is 46.3. The van der Waals surface area contributed by atoms with Gasteiger partial charge in [-0.25, -0.2) is 0 Å². The molecule has 1 aromatic rings. The van der Waals surface area contributed by atoms with Crippen molar-refractivity contribution in [3.05, 3.63) is 35.4 Å². The van der Waals surface area contributed by atoms with Crippen molar-refractivity contribution in [1.82, 2.24) is 21.7 Å². The van der Waals surface area contributed by atoms with Crippen LogP contribution in [0.2, 0.25) is 0 Å². The van der Waals surface area contributed by atoms with Gasteiger partial charge in [-0.2, -0.15) is 0 Å². The molecule has 2 unspecified atom stereocenters. The number of amides is 4. The number of hydrogen-bond acceptors (Lipinski definition) is 4. The maximum atomic E-state index is 12.0. The number of halogens is 2. The van der Waals surface area contributed by atoms with Crippen LogP contribution in [-0.2, 0) is 9.59 Å². The van der Waals surface area contributed by atoms with E-state index in [1.165, 1.54) is 24.3 Å². The summed E-state index contributed by atoms with van der Waals surface area (Å²) in [7, 11) is 0. The monoisotopic (exact) mass is 490 g/mol. The second-order valence-corrected chi connectivity index (χ2v) is 7.43. The highest BCUT2D eigenvalue weighted by molar-refractivity contribution is 9.10. The lowest BCUT2D eigenvalue weighted by Gasteiger charge is -2.11. The molecular formula is C16H20Br2N4O4. The average molecular weight is 492 g/mol. The van der Waals surface area contributed by atoms with E-state index < -0.39 is 21.5 Å². The van der Waals surface area contributed by atoms with Gasteiger partial charge >= 0.3 is 0 Å². The lowest BCUT2D eigenvalue weighted by atomic mass is 10.1. The van der Waals surface area contributed by atoms with Crippen LogP contribution in [0.1, 0.15) is 47.4 Å². The third-order valence-corrected chi connectivity index (χ3v) is 5.42. The Bertz CT molecular complexity index is 610. The smallest absolute Gasteiger partial charge is 0.269 e.